The Balaban J connectivity index is 1.76. The first kappa shape index (κ1) is 16.6. The smallest absolute Gasteiger partial charge is 0.300 e. The van der Waals surface area contributed by atoms with Crippen LogP contribution in [0.25, 0.3) is 5.65 Å². The molecule has 0 aromatic carbocycles. The van der Waals surface area contributed by atoms with E-state index in [0.29, 0.717) is 11.5 Å². The SMILES string of the molecule is Cc1cccc(NC(=O)c2c([O-])[n+](Cc3cncnc3)c3ccccn23)n1. The van der Waals surface area contributed by atoms with Gasteiger partial charge in [0.15, 0.2) is 0 Å². The van der Waals surface area contributed by atoms with Gasteiger partial charge in [-0.3, -0.25) is 4.79 Å². The molecule has 0 fully saturated rings. The highest BCUT2D eigenvalue weighted by molar-refractivity contribution is 6.04. The standard InChI is InChI=1S/C19H16N6O2/c1-13-5-4-6-15(22-13)23-18(26)17-19(27)25(11-14-9-20-12-21-10-14)16-7-2-3-8-24(16)17/h2-10,12H,11H2,1H3,(H-,22,23,26,27). The van der Waals surface area contributed by atoms with E-state index >= 15 is 0 Å². The summed E-state index contributed by atoms with van der Waals surface area (Å²) in [7, 11) is 0. The number of amides is 1. The summed E-state index contributed by atoms with van der Waals surface area (Å²) in [5, 5.41) is 15.7. The zero-order valence-electron chi connectivity index (χ0n) is 14.5. The average molecular weight is 360 g/mol. The molecule has 0 aliphatic rings. The van der Waals surface area contributed by atoms with Crippen LogP contribution in [0.15, 0.2) is 61.3 Å². The minimum Gasteiger partial charge on any atom is -0.839 e. The number of pyridine rings is 2. The van der Waals surface area contributed by atoms with Gasteiger partial charge in [0.1, 0.15) is 24.6 Å². The second kappa shape index (κ2) is 6.83. The highest BCUT2D eigenvalue weighted by Crippen LogP contribution is 2.17. The lowest BCUT2D eigenvalue weighted by Crippen LogP contribution is -2.37. The second-order valence-electron chi connectivity index (χ2n) is 6.03. The maximum absolute atomic E-state index is 13.0. The Morgan fingerprint density at radius 3 is 2.78 bits per heavy atom. The van der Waals surface area contributed by atoms with E-state index in [1.807, 2.05) is 19.1 Å². The van der Waals surface area contributed by atoms with Crippen molar-refractivity contribution in [2.24, 2.45) is 0 Å². The van der Waals surface area contributed by atoms with Crippen LogP contribution in [-0.4, -0.2) is 25.3 Å². The van der Waals surface area contributed by atoms with Crippen LogP contribution in [0.2, 0.25) is 0 Å². The topological polar surface area (TPSA) is 99.1 Å². The van der Waals surface area contributed by atoms with Gasteiger partial charge in [-0.2, -0.15) is 4.40 Å². The molecule has 4 aromatic heterocycles. The zero-order chi connectivity index (χ0) is 18.8. The summed E-state index contributed by atoms with van der Waals surface area (Å²) in [5.41, 5.74) is 2.16. The molecule has 4 rings (SSSR count). The number of rotatable bonds is 4. The van der Waals surface area contributed by atoms with Crippen molar-refractivity contribution in [3.05, 3.63) is 78.3 Å². The fourth-order valence-corrected chi connectivity index (χ4v) is 2.92. The third-order valence-electron chi connectivity index (χ3n) is 4.10. The largest absolute Gasteiger partial charge is 0.839 e. The predicted molar refractivity (Wildman–Crippen MR) is 95.1 cm³/mol. The Bertz CT molecular complexity index is 1120. The Labute approximate surface area is 154 Å². The van der Waals surface area contributed by atoms with Crippen molar-refractivity contribution in [3.8, 4) is 5.88 Å². The van der Waals surface area contributed by atoms with Crippen LogP contribution in [0.1, 0.15) is 21.7 Å². The van der Waals surface area contributed by atoms with Crippen LogP contribution >= 0.6 is 0 Å². The lowest BCUT2D eigenvalue weighted by atomic mass is 10.3. The summed E-state index contributed by atoms with van der Waals surface area (Å²) in [6.07, 6.45) is 6.40. The molecule has 0 radical (unpaired) electrons. The Kier molecular flexibility index (Phi) is 4.21. The first-order valence-electron chi connectivity index (χ1n) is 8.32. The van der Waals surface area contributed by atoms with E-state index in [2.05, 4.69) is 20.3 Å². The molecule has 0 aliphatic carbocycles. The average Bonchev–Trinajstić information content (AvgIpc) is 2.94. The van der Waals surface area contributed by atoms with Gasteiger partial charge in [0, 0.05) is 29.7 Å². The van der Waals surface area contributed by atoms with E-state index in [1.54, 1.807) is 47.3 Å². The zero-order valence-corrected chi connectivity index (χ0v) is 14.5. The Hall–Kier alpha value is -3.81. The molecular formula is C19H16N6O2. The Morgan fingerprint density at radius 2 is 2.00 bits per heavy atom. The monoisotopic (exact) mass is 360 g/mol. The lowest BCUT2D eigenvalue weighted by molar-refractivity contribution is -0.704. The highest BCUT2D eigenvalue weighted by Gasteiger charge is 2.25. The highest BCUT2D eigenvalue weighted by atomic mass is 16.3. The second-order valence-corrected chi connectivity index (χ2v) is 6.03. The first-order chi connectivity index (χ1) is 13.1. The van der Waals surface area contributed by atoms with E-state index in [0.717, 1.165) is 11.3 Å². The van der Waals surface area contributed by atoms with Crippen molar-refractivity contribution in [1.29, 1.82) is 0 Å². The normalized spacial score (nSPS) is 10.9. The van der Waals surface area contributed by atoms with E-state index in [9.17, 15) is 9.90 Å². The van der Waals surface area contributed by atoms with Crippen LogP contribution in [0.4, 0.5) is 5.82 Å². The number of carbonyl (C=O) groups excluding carboxylic acids is 1. The summed E-state index contributed by atoms with van der Waals surface area (Å²) >= 11 is 0. The van der Waals surface area contributed by atoms with Gasteiger partial charge in [-0.15, -0.1) is 0 Å². The molecule has 8 nitrogen and oxygen atoms in total. The van der Waals surface area contributed by atoms with Crippen LogP contribution in [0.5, 0.6) is 5.88 Å². The van der Waals surface area contributed by atoms with Crippen molar-refractivity contribution < 1.29 is 14.5 Å². The third-order valence-corrected chi connectivity index (χ3v) is 4.10. The number of nitrogens with zero attached hydrogens (tertiary/aromatic N) is 5. The summed E-state index contributed by atoms with van der Waals surface area (Å²) in [6, 6.07) is 10.7. The van der Waals surface area contributed by atoms with Gasteiger partial charge in [-0.1, -0.05) is 12.1 Å². The molecule has 134 valence electrons. The van der Waals surface area contributed by atoms with Crippen LogP contribution < -0.4 is 15.0 Å². The van der Waals surface area contributed by atoms with Gasteiger partial charge >= 0.3 is 0 Å². The van der Waals surface area contributed by atoms with Crippen molar-refractivity contribution in [2.75, 3.05) is 5.32 Å². The van der Waals surface area contributed by atoms with E-state index < -0.39 is 11.8 Å². The molecule has 1 N–H and O–H groups in total. The maximum atomic E-state index is 13.0. The number of aryl methyl sites for hydroxylation is 1. The van der Waals surface area contributed by atoms with Gasteiger partial charge in [0.05, 0.1) is 6.20 Å². The molecule has 1 amide bonds. The summed E-state index contributed by atoms with van der Waals surface area (Å²) in [5.74, 6) is -0.508. The quantitative estimate of drug-likeness (QED) is 0.549. The van der Waals surface area contributed by atoms with Crippen molar-refractivity contribution in [3.63, 3.8) is 0 Å². The number of imidazole rings is 1. The lowest BCUT2D eigenvalue weighted by Gasteiger charge is -2.07. The van der Waals surface area contributed by atoms with E-state index in [1.165, 1.54) is 10.9 Å². The van der Waals surface area contributed by atoms with Crippen LogP contribution in [-0.2, 0) is 6.54 Å². The van der Waals surface area contributed by atoms with Gasteiger partial charge in [0.2, 0.25) is 5.69 Å². The van der Waals surface area contributed by atoms with Gasteiger partial charge in [0.25, 0.3) is 11.6 Å². The fourth-order valence-electron chi connectivity index (χ4n) is 2.92. The summed E-state index contributed by atoms with van der Waals surface area (Å²) in [4.78, 5) is 25.0. The minimum atomic E-state index is -0.512. The number of hydrogen-bond acceptors (Lipinski definition) is 5. The number of carbonyl (C=O) groups is 1. The summed E-state index contributed by atoms with van der Waals surface area (Å²) in [6.45, 7) is 2.10. The predicted octanol–water partition coefficient (Wildman–Crippen LogP) is 1.09. The molecule has 0 bridgehead atoms. The minimum absolute atomic E-state index is 0.0192. The Morgan fingerprint density at radius 1 is 1.19 bits per heavy atom. The van der Waals surface area contributed by atoms with Gasteiger partial charge in [-0.25, -0.2) is 19.5 Å². The van der Waals surface area contributed by atoms with Crippen LogP contribution in [0.3, 0.4) is 0 Å². The van der Waals surface area contributed by atoms with Crippen LogP contribution in [0, 0.1) is 6.92 Å². The third kappa shape index (κ3) is 3.20. The van der Waals surface area contributed by atoms with Crippen molar-refractivity contribution >= 4 is 17.4 Å². The van der Waals surface area contributed by atoms with E-state index in [4.69, 9.17) is 0 Å². The summed E-state index contributed by atoms with van der Waals surface area (Å²) < 4.78 is 3.11. The first-order valence-corrected chi connectivity index (χ1v) is 8.32. The number of aromatic nitrogens is 5. The molecule has 0 spiro atoms. The fraction of sp³-hybridized carbons (Fsp3) is 0.105. The van der Waals surface area contributed by atoms with Crippen molar-refractivity contribution in [1.82, 2.24) is 19.4 Å². The number of fused-ring (bicyclic) bond motifs is 1. The van der Waals surface area contributed by atoms with Gasteiger partial charge in [-0.05, 0) is 25.1 Å². The molecule has 0 aliphatic heterocycles. The van der Waals surface area contributed by atoms with Gasteiger partial charge < -0.3 is 10.4 Å². The maximum Gasteiger partial charge on any atom is 0.300 e. The van der Waals surface area contributed by atoms with Crippen molar-refractivity contribution in [2.45, 2.75) is 13.5 Å². The molecule has 8 heteroatoms. The number of nitrogens with one attached hydrogen (secondary N) is 1. The molecular weight excluding hydrogens is 344 g/mol. The van der Waals surface area contributed by atoms with E-state index in [-0.39, 0.29) is 12.2 Å². The number of anilines is 1. The molecule has 0 saturated carbocycles. The molecule has 27 heavy (non-hydrogen) atoms. The molecule has 4 aromatic rings. The molecule has 0 unspecified atom stereocenters. The molecule has 0 atom stereocenters. The molecule has 4 heterocycles. The number of hydrogen-bond donors (Lipinski definition) is 1. The molecule has 0 saturated heterocycles.